The van der Waals surface area contributed by atoms with Gasteiger partial charge in [0.05, 0.1) is 11.4 Å². The highest BCUT2D eigenvalue weighted by atomic mass is 15.0. The summed E-state index contributed by atoms with van der Waals surface area (Å²) >= 11 is 0. The van der Waals surface area contributed by atoms with Crippen LogP contribution >= 0.6 is 0 Å². The molecule has 0 N–H and O–H groups in total. The molecule has 5 rings (SSSR count). The summed E-state index contributed by atoms with van der Waals surface area (Å²) in [7, 11) is 2.07. The van der Waals surface area contributed by atoms with E-state index in [1.54, 1.807) is 0 Å². The van der Waals surface area contributed by atoms with Gasteiger partial charge in [-0.15, -0.1) is 0 Å². The lowest BCUT2D eigenvalue weighted by Gasteiger charge is -2.08. The summed E-state index contributed by atoms with van der Waals surface area (Å²) in [6.45, 7) is 0. The highest BCUT2D eigenvalue weighted by Crippen LogP contribution is 2.24. The highest BCUT2D eigenvalue weighted by Gasteiger charge is 2.19. The van der Waals surface area contributed by atoms with Gasteiger partial charge in [-0.1, -0.05) is 72.8 Å². The molecule has 2 aromatic carbocycles. The zero-order valence-electron chi connectivity index (χ0n) is 17.3. The fraction of sp³-hybridized carbons (Fsp3) is 0.0357. The molecule has 0 unspecified atom stereocenters. The van der Waals surface area contributed by atoms with Crippen LogP contribution in [0, 0.1) is 0 Å². The van der Waals surface area contributed by atoms with Crippen molar-refractivity contribution in [2.24, 2.45) is 7.05 Å². The average Bonchev–Trinajstić information content (AvgIpc) is 2.85. The summed E-state index contributed by atoms with van der Waals surface area (Å²) in [6.07, 6.45) is 0. The third-order valence-corrected chi connectivity index (χ3v) is 5.39. The second-order valence-corrected chi connectivity index (χ2v) is 7.40. The number of pyridine rings is 3. The molecule has 0 atom stereocenters. The van der Waals surface area contributed by atoms with Crippen molar-refractivity contribution >= 4 is 0 Å². The summed E-state index contributed by atoms with van der Waals surface area (Å²) in [4.78, 5) is 9.87. The zero-order chi connectivity index (χ0) is 21.0. The fourth-order valence-electron chi connectivity index (χ4n) is 3.79. The molecule has 0 fully saturated rings. The molecule has 3 aromatic heterocycles. The Kier molecular flexibility index (Phi) is 5.07. The van der Waals surface area contributed by atoms with Crippen molar-refractivity contribution in [2.45, 2.75) is 0 Å². The molecule has 5 aromatic rings. The maximum atomic E-state index is 4.93. The Morgan fingerprint density at radius 3 is 1.26 bits per heavy atom. The molecule has 0 saturated carbocycles. The normalized spacial score (nSPS) is 10.7. The van der Waals surface area contributed by atoms with Gasteiger partial charge < -0.3 is 0 Å². The summed E-state index contributed by atoms with van der Waals surface area (Å²) in [5.41, 5.74) is 8.11. The molecule has 0 radical (unpaired) electrons. The van der Waals surface area contributed by atoms with Crippen LogP contribution in [0.1, 0.15) is 0 Å². The van der Waals surface area contributed by atoms with Crippen LogP contribution in [0.15, 0.2) is 115 Å². The minimum absolute atomic E-state index is 0.935. The first kappa shape index (κ1) is 18.9. The van der Waals surface area contributed by atoms with E-state index in [-0.39, 0.29) is 0 Å². The van der Waals surface area contributed by atoms with Gasteiger partial charge in [-0.3, -0.25) is 0 Å². The van der Waals surface area contributed by atoms with Crippen LogP contribution in [0.2, 0.25) is 0 Å². The average molecular weight is 401 g/mol. The van der Waals surface area contributed by atoms with Crippen molar-refractivity contribution < 1.29 is 4.57 Å². The van der Waals surface area contributed by atoms with Crippen LogP contribution in [0.25, 0.3) is 45.3 Å². The van der Waals surface area contributed by atoms with Crippen LogP contribution in [0.4, 0.5) is 0 Å². The Morgan fingerprint density at radius 1 is 0.419 bits per heavy atom. The molecular formula is C28H22N3+. The summed E-state index contributed by atoms with van der Waals surface area (Å²) < 4.78 is 2.16. The highest BCUT2D eigenvalue weighted by molar-refractivity contribution is 5.65. The number of hydrogen-bond acceptors (Lipinski definition) is 2. The first-order valence-electron chi connectivity index (χ1n) is 10.3. The smallest absolute Gasteiger partial charge is 0.231 e. The lowest BCUT2D eigenvalue weighted by Crippen LogP contribution is -2.34. The molecule has 0 aliphatic rings. The zero-order valence-corrected chi connectivity index (χ0v) is 17.3. The van der Waals surface area contributed by atoms with E-state index in [0.717, 1.165) is 45.3 Å². The van der Waals surface area contributed by atoms with Crippen molar-refractivity contribution in [1.82, 2.24) is 9.97 Å². The molecule has 3 nitrogen and oxygen atoms in total. The van der Waals surface area contributed by atoms with E-state index in [4.69, 9.17) is 9.97 Å². The van der Waals surface area contributed by atoms with Crippen molar-refractivity contribution in [1.29, 1.82) is 0 Å². The first-order valence-corrected chi connectivity index (χ1v) is 10.3. The van der Waals surface area contributed by atoms with Gasteiger partial charge in [0.15, 0.2) is 0 Å². The first-order chi connectivity index (χ1) is 15.3. The third-order valence-electron chi connectivity index (χ3n) is 5.39. The van der Waals surface area contributed by atoms with Gasteiger partial charge in [0, 0.05) is 23.3 Å². The standard InChI is InChI=1S/C28H22N3/c1-31-27(25-17-8-15-23(29-25)21-11-4-2-5-12-21)19-10-20-28(31)26-18-9-16-24(30-26)22-13-6-3-7-14-22/h2-20H,1H3/q+1. The maximum Gasteiger partial charge on any atom is 0.231 e. The van der Waals surface area contributed by atoms with E-state index >= 15 is 0 Å². The Labute approximate surface area is 182 Å². The predicted octanol–water partition coefficient (Wildman–Crippen LogP) is 5.97. The number of benzene rings is 2. The lowest BCUT2D eigenvalue weighted by atomic mass is 10.1. The Morgan fingerprint density at radius 2 is 0.806 bits per heavy atom. The van der Waals surface area contributed by atoms with Crippen molar-refractivity contribution in [2.75, 3.05) is 0 Å². The predicted molar refractivity (Wildman–Crippen MR) is 125 cm³/mol. The number of nitrogens with zero attached hydrogens (tertiary/aromatic N) is 3. The molecule has 0 aliphatic heterocycles. The van der Waals surface area contributed by atoms with Gasteiger partial charge in [0.2, 0.25) is 11.4 Å². The van der Waals surface area contributed by atoms with Gasteiger partial charge in [-0.2, -0.15) is 4.57 Å². The molecule has 3 heteroatoms. The van der Waals surface area contributed by atoms with E-state index in [1.807, 2.05) is 48.5 Å². The van der Waals surface area contributed by atoms with E-state index in [9.17, 15) is 0 Å². The largest absolute Gasteiger partial charge is 0.241 e. The molecule has 0 bridgehead atoms. The second-order valence-electron chi connectivity index (χ2n) is 7.40. The van der Waals surface area contributed by atoms with Crippen LogP contribution < -0.4 is 4.57 Å². The summed E-state index contributed by atoms with van der Waals surface area (Å²) in [6, 6.07) is 39.1. The Bertz CT molecular complexity index is 1230. The van der Waals surface area contributed by atoms with E-state index < -0.39 is 0 Å². The molecule has 148 valence electrons. The number of aromatic nitrogens is 3. The molecule has 0 aliphatic carbocycles. The molecule has 0 amide bonds. The summed E-state index contributed by atoms with van der Waals surface area (Å²) in [5.74, 6) is 0. The molecule has 0 saturated heterocycles. The van der Waals surface area contributed by atoms with E-state index in [0.29, 0.717) is 0 Å². The van der Waals surface area contributed by atoms with Crippen molar-refractivity contribution in [3.8, 4) is 45.3 Å². The number of hydrogen-bond donors (Lipinski definition) is 0. The van der Waals surface area contributed by atoms with Crippen molar-refractivity contribution in [3.05, 3.63) is 115 Å². The maximum absolute atomic E-state index is 4.93. The van der Waals surface area contributed by atoms with Gasteiger partial charge in [-0.05, 0) is 30.3 Å². The Balaban J connectivity index is 1.57. The molecule has 31 heavy (non-hydrogen) atoms. The minimum atomic E-state index is 0.935. The third kappa shape index (κ3) is 3.86. The monoisotopic (exact) mass is 400 g/mol. The van der Waals surface area contributed by atoms with Crippen LogP contribution in [0.3, 0.4) is 0 Å². The minimum Gasteiger partial charge on any atom is -0.241 e. The van der Waals surface area contributed by atoms with Gasteiger partial charge >= 0.3 is 0 Å². The quantitative estimate of drug-likeness (QED) is 0.348. The Hall–Kier alpha value is -4.11. The van der Waals surface area contributed by atoms with Gasteiger partial charge in [0.1, 0.15) is 18.4 Å². The van der Waals surface area contributed by atoms with Crippen molar-refractivity contribution in [3.63, 3.8) is 0 Å². The molecule has 0 spiro atoms. The lowest BCUT2D eigenvalue weighted by molar-refractivity contribution is -0.649. The SMILES string of the molecule is C[n+]1c(-c2cccc(-c3ccccc3)n2)cccc1-c1cccc(-c2ccccc2)n1. The van der Waals surface area contributed by atoms with Crippen LogP contribution in [0.5, 0.6) is 0 Å². The molecule has 3 heterocycles. The van der Waals surface area contributed by atoms with Gasteiger partial charge in [-0.25, -0.2) is 9.97 Å². The fourth-order valence-corrected chi connectivity index (χ4v) is 3.79. The topological polar surface area (TPSA) is 29.7 Å². The van der Waals surface area contributed by atoms with E-state index in [2.05, 4.69) is 78.3 Å². The van der Waals surface area contributed by atoms with Crippen LogP contribution in [-0.4, -0.2) is 9.97 Å². The molecular weight excluding hydrogens is 378 g/mol. The van der Waals surface area contributed by atoms with Gasteiger partial charge in [0.25, 0.3) is 0 Å². The van der Waals surface area contributed by atoms with E-state index in [1.165, 1.54) is 0 Å². The number of rotatable bonds is 4. The summed E-state index contributed by atoms with van der Waals surface area (Å²) in [5, 5.41) is 0. The van der Waals surface area contributed by atoms with Crippen LogP contribution in [-0.2, 0) is 7.05 Å². The second kappa shape index (κ2) is 8.33.